The number of β-amino-alcohol motifs (C(OH)–C–C–N with tert-alkyl or cyclic N) is 1. The van der Waals surface area contributed by atoms with Crippen LogP contribution in [-0.2, 0) is 14.3 Å². The summed E-state index contributed by atoms with van der Waals surface area (Å²) in [5.74, 6) is 0.879. The summed E-state index contributed by atoms with van der Waals surface area (Å²) in [6.45, 7) is 5.01. The molecule has 0 radical (unpaired) electrons. The minimum Gasteiger partial charge on any atom is -0.497 e. The molecule has 1 aromatic carbocycles. The van der Waals surface area contributed by atoms with Crippen molar-refractivity contribution in [1.82, 2.24) is 9.80 Å². The van der Waals surface area contributed by atoms with E-state index >= 15 is 0 Å². The summed E-state index contributed by atoms with van der Waals surface area (Å²) >= 11 is 0. The largest absolute Gasteiger partial charge is 0.497 e. The molecule has 0 spiro atoms. The minimum absolute atomic E-state index is 0.0162. The molecule has 166 valence electrons. The Morgan fingerprint density at radius 3 is 2.57 bits per heavy atom. The number of anilines is 1. The van der Waals surface area contributed by atoms with E-state index in [1.54, 1.807) is 14.2 Å². The highest BCUT2D eigenvalue weighted by Crippen LogP contribution is 2.31. The zero-order chi connectivity index (χ0) is 21.1. The molecule has 0 bridgehead atoms. The average molecular weight is 420 g/mol. The topological polar surface area (TPSA) is 74.7 Å². The Hall–Kier alpha value is -1.87. The first kappa shape index (κ1) is 21.4. The Labute approximate surface area is 178 Å². The van der Waals surface area contributed by atoms with Crippen molar-refractivity contribution in [3.8, 4) is 5.75 Å². The zero-order valence-electron chi connectivity index (χ0n) is 18.0. The fourth-order valence-electron chi connectivity index (χ4n) is 4.90. The standard InChI is InChI=1S/C22H33N3O5/c1-28-12-11-25-19-13-23(14-20(19)30-15-21(25)26)16-22(27)7-9-24(10-8-22)17-3-5-18(29-2)6-4-17/h3-6,19-20,27H,7-16H2,1-2H3/t19-,20-/m0/s1. The van der Waals surface area contributed by atoms with Gasteiger partial charge >= 0.3 is 0 Å². The molecule has 0 unspecified atom stereocenters. The number of nitrogens with zero attached hydrogens (tertiary/aromatic N) is 3. The summed E-state index contributed by atoms with van der Waals surface area (Å²) in [5, 5.41) is 11.2. The number of amides is 1. The molecule has 0 aromatic heterocycles. The number of rotatable bonds is 7. The normalized spacial score (nSPS) is 26.7. The quantitative estimate of drug-likeness (QED) is 0.693. The molecular weight excluding hydrogens is 386 g/mol. The second-order valence-electron chi connectivity index (χ2n) is 8.60. The number of piperidine rings is 1. The van der Waals surface area contributed by atoms with Gasteiger partial charge in [-0.25, -0.2) is 0 Å². The number of morpholine rings is 1. The smallest absolute Gasteiger partial charge is 0.249 e. The maximum absolute atomic E-state index is 12.3. The molecule has 0 aliphatic carbocycles. The molecule has 3 fully saturated rings. The van der Waals surface area contributed by atoms with Crippen LogP contribution < -0.4 is 9.64 Å². The number of likely N-dealkylation sites (tertiary alicyclic amines) is 1. The van der Waals surface area contributed by atoms with Gasteiger partial charge in [-0.2, -0.15) is 0 Å². The van der Waals surface area contributed by atoms with Gasteiger partial charge in [-0.05, 0) is 37.1 Å². The third kappa shape index (κ3) is 4.56. The van der Waals surface area contributed by atoms with Gasteiger partial charge in [-0.3, -0.25) is 9.69 Å². The molecular formula is C22H33N3O5. The number of methoxy groups -OCH3 is 2. The second-order valence-corrected chi connectivity index (χ2v) is 8.60. The van der Waals surface area contributed by atoms with Crippen LogP contribution in [0.3, 0.4) is 0 Å². The molecule has 8 nitrogen and oxygen atoms in total. The van der Waals surface area contributed by atoms with Crippen molar-refractivity contribution in [3.63, 3.8) is 0 Å². The predicted octanol–water partition coefficient (Wildman–Crippen LogP) is 0.585. The van der Waals surface area contributed by atoms with Gasteiger partial charge in [0.15, 0.2) is 0 Å². The summed E-state index contributed by atoms with van der Waals surface area (Å²) in [7, 11) is 3.32. The van der Waals surface area contributed by atoms with Crippen molar-refractivity contribution in [2.24, 2.45) is 0 Å². The molecule has 3 aliphatic rings. The van der Waals surface area contributed by atoms with E-state index < -0.39 is 5.60 Å². The lowest BCUT2D eigenvalue weighted by atomic mass is 9.90. The number of benzene rings is 1. The molecule has 30 heavy (non-hydrogen) atoms. The predicted molar refractivity (Wildman–Crippen MR) is 113 cm³/mol. The summed E-state index contributed by atoms with van der Waals surface area (Å²) in [6.07, 6.45) is 1.46. The van der Waals surface area contributed by atoms with E-state index in [1.165, 1.54) is 0 Å². The van der Waals surface area contributed by atoms with Crippen LogP contribution in [0, 0.1) is 0 Å². The van der Waals surface area contributed by atoms with Crippen molar-refractivity contribution in [1.29, 1.82) is 0 Å². The van der Waals surface area contributed by atoms with Crippen LogP contribution in [0.4, 0.5) is 5.69 Å². The third-order valence-electron chi connectivity index (χ3n) is 6.64. The lowest BCUT2D eigenvalue weighted by Gasteiger charge is -2.41. The highest BCUT2D eigenvalue weighted by molar-refractivity contribution is 5.78. The Morgan fingerprint density at radius 2 is 1.90 bits per heavy atom. The van der Waals surface area contributed by atoms with Crippen LogP contribution in [0.15, 0.2) is 24.3 Å². The van der Waals surface area contributed by atoms with Gasteiger partial charge in [0.2, 0.25) is 5.91 Å². The average Bonchev–Trinajstić information content (AvgIpc) is 3.16. The molecule has 1 aromatic rings. The van der Waals surface area contributed by atoms with Crippen LogP contribution in [0.25, 0.3) is 0 Å². The van der Waals surface area contributed by atoms with E-state index in [4.69, 9.17) is 14.2 Å². The summed E-state index contributed by atoms with van der Waals surface area (Å²) in [6, 6.07) is 8.12. The van der Waals surface area contributed by atoms with E-state index in [-0.39, 0.29) is 24.7 Å². The number of aliphatic hydroxyl groups is 1. The Kier molecular flexibility index (Phi) is 6.48. The Bertz CT molecular complexity index is 720. The Morgan fingerprint density at radius 1 is 1.17 bits per heavy atom. The van der Waals surface area contributed by atoms with Crippen LogP contribution in [-0.4, -0.2) is 105 Å². The molecule has 3 saturated heterocycles. The van der Waals surface area contributed by atoms with Gasteiger partial charge in [0.25, 0.3) is 0 Å². The SMILES string of the molecule is COCCN1C(=O)CO[C@H]2CN(CC3(O)CCN(c4ccc(OC)cc4)CC3)C[C@@H]21. The second kappa shape index (κ2) is 9.09. The maximum atomic E-state index is 12.3. The molecule has 4 rings (SSSR count). The van der Waals surface area contributed by atoms with Gasteiger partial charge in [0.1, 0.15) is 12.4 Å². The summed E-state index contributed by atoms with van der Waals surface area (Å²) in [4.78, 5) is 18.7. The fourth-order valence-corrected chi connectivity index (χ4v) is 4.90. The lowest BCUT2D eigenvalue weighted by Crippen LogP contribution is -2.55. The fraction of sp³-hybridized carbons (Fsp3) is 0.682. The number of hydrogen-bond acceptors (Lipinski definition) is 7. The highest BCUT2D eigenvalue weighted by atomic mass is 16.5. The monoisotopic (exact) mass is 419 g/mol. The van der Waals surface area contributed by atoms with Gasteiger partial charge in [0.05, 0.1) is 31.5 Å². The Balaban J connectivity index is 1.32. The first-order chi connectivity index (χ1) is 14.5. The van der Waals surface area contributed by atoms with Crippen molar-refractivity contribution in [2.45, 2.75) is 30.6 Å². The van der Waals surface area contributed by atoms with E-state index in [9.17, 15) is 9.90 Å². The van der Waals surface area contributed by atoms with Crippen LogP contribution >= 0.6 is 0 Å². The molecule has 8 heteroatoms. The highest BCUT2D eigenvalue weighted by Gasteiger charge is 2.45. The minimum atomic E-state index is -0.710. The van der Waals surface area contributed by atoms with Crippen molar-refractivity contribution < 1.29 is 24.1 Å². The van der Waals surface area contributed by atoms with Crippen LogP contribution in [0.2, 0.25) is 0 Å². The molecule has 2 atom stereocenters. The molecule has 3 heterocycles. The first-order valence-corrected chi connectivity index (χ1v) is 10.7. The van der Waals surface area contributed by atoms with E-state index in [0.29, 0.717) is 19.7 Å². The van der Waals surface area contributed by atoms with Crippen molar-refractivity contribution in [2.75, 3.05) is 71.6 Å². The summed E-state index contributed by atoms with van der Waals surface area (Å²) < 4.78 is 16.2. The maximum Gasteiger partial charge on any atom is 0.249 e. The molecule has 0 saturated carbocycles. The lowest BCUT2D eigenvalue weighted by molar-refractivity contribution is -0.153. The van der Waals surface area contributed by atoms with Crippen LogP contribution in [0.1, 0.15) is 12.8 Å². The van der Waals surface area contributed by atoms with Gasteiger partial charge < -0.3 is 29.1 Å². The van der Waals surface area contributed by atoms with E-state index in [2.05, 4.69) is 21.9 Å². The number of fused-ring (bicyclic) bond motifs is 1. The van der Waals surface area contributed by atoms with E-state index in [1.807, 2.05) is 17.0 Å². The van der Waals surface area contributed by atoms with Gasteiger partial charge in [-0.15, -0.1) is 0 Å². The number of carbonyl (C=O) groups excluding carboxylic acids is 1. The van der Waals surface area contributed by atoms with Crippen LogP contribution in [0.5, 0.6) is 5.75 Å². The van der Waals surface area contributed by atoms with Gasteiger partial charge in [-0.1, -0.05) is 0 Å². The van der Waals surface area contributed by atoms with Crippen molar-refractivity contribution >= 4 is 11.6 Å². The number of hydrogen-bond donors (Lipinski definition) is 1. The van der Waals surface area contributed by atoms with Crippen molar-refractivity contribution in [3.05, 3.63) is 24.3 Å². The third-order valence-corrected chi connectivity index (χ3v) is 6.64. The summed E-state index contributed by atoms with van der Waals surface area (Å²) in [5.41, 5.74) is 0.448. The number of ether oxygens (including phenoxy) is 3. The van der Waals surface area contributed by atoms with E-state index in [0.717, 1.165) is 50.5 Å². The molecule has 3 aliphatic heterocycles. The molecule has 1 amide bonds. The van der Waals surface area contributed by atoms with Gasteiger partial charge in [0, 0.05) is 52.1 Å². The zero-order valence-corrected chi connectivity index (χ0v) is 18.0. The first-order valence-electron chi connectivity index (χ1n) is 10.7. The number of carbonyl (C=O) groups is 1. The molecule has 1 N–H and O–H groups in total.